The second kappa shape index (κ2) is 3.23. The van der Waals surface area contributed by atoms with Gasteiger partial charge in [0, 0.05) is 6.61 Å². The molecule has 0 aromatic rings. The number of hydrogen-bond donors (Lipinski definition) is 1. The summed E-state index contributed by atoms with van der Waals surface area (Å²) < 4.78 is 5.63. The molecule has 1 aliphatic heterocycles. The minimum absolute atomic E-state index is 0.0278. The molecule has 1 aliphatic carbocycles. The van der Waals surface area contributed by atoms with E-state index in [-0.39, 0.29) is 12.0 Å². The largest absolute Gasteiger partial charge is 0.481 e. The molecule has 14 heavy (non-hydrogen) atoms. The highest BCUT2D eigenvalue weighted by Crippen LogP contribution is 2.51. The van der Waals surface area contributed by atoms with Gasteiger partial charge in [-0.3, -0.25) is 4.79 Å². The van der Waals surface area contributed by atoms with Gasteiger partial charge in [0.25, 0.3) is 0 Å². The minimum Gasteiger partial charge on any atom is -0.481 e. The number of hydrogen-bond acceptors (Lipinski definition) is 2. The molecule has 2 unspecified atom stereocenters. The summed E-state index contributed by atoms with van der Waals surface area (Å²) in [6, 6.07) is 0. The number of ether oxygens (including phenoxy) is 1. The van der Waals surface area contributed by atoms with E-state index in [0.29, 0.717) is 18.9 Å². The van der Waals surface area contributed by atoms with E-state index in [1.807, 2.05) is 13.8 Å². The van der Waals surface area contributed by atoms with E-state index in [4.69, 9.17) is 4.74 Å². The fourth-order valence-electron chi connectivity index (χ4n) is 2.69. The molecule has 3 heteroatoms. The Bertz CT molecular complexity index is 245. The molecular weight excluding hydrogens is 180 g/mol. The van der Waals surface area contributed by atoms with Crippen molar-refractivity contribution in [2.45, 2.75) is 39.2 Å². The highest BCUT2D eigenvalue weighted by molar-refractivity contribution is 5.76. The Kier molecular flexibility index (Phi) is 2.30. The summed E-state index contributed by atoms with van der Waals surface area (Å²) in [7, 11) is 0. The molecule has 0 spiro atoms. The average molecular weight is 198 g/mol. The van der Waals surface area contributed by atoms with Crippen molar-refractivity contribution in [1.29, 1.82) is 0 Å². The van der Waals surface area contributed by atoms with Crippen molar-refractivity contribution in [3.63, 3.8) is 0 Å². The highest BCUT2D eigenvalue weighted by Gasteiger charge is 2.57. The van der Waals surface area contributed by atoms with Crippen LogP contribution in [0.5, 0.6) is 0 Å². The molecule has 2 fully saturated rings. The van der Waals surface area contributed by atoms with Gasteiger partial charge in [0.2, 0.25) is 0 Å². The van der Waals surface area contributed by atoms with E-state index < -0.39 is 11.4 Å². The number of aliphatic carboxylic acids is 1. The molecule has 0 amide bonds. The highest BCUT2D eigenvalue weighted by atomic mass is 16.5. The van der Waals surface area contributed by atoms with Gasteiger partial charge in [-0.2, -0.15) is 0 Å². The van der Waals surface area contributed by atoms with Crippen LogP contribution in [0.1, 0.15) is 33.1 Å². The van der Waals surface area contributed by atoms with E-state index in [2.05, 4.69) is 0 Å². The smallest absolute Gasteiger partial charge is 0.312 e. The van der Waals surface area contributed by atoms with Crippen LogP contribution in [-0.4, -0.2) is 23.8 Å². The Balaban J connectivity index is 2.27. The third-order valence-electron chi connectivity index (χ3n) is 3.80. The summed E-state index contributed by atoms with van der Waals surface area (Å²) in [5.74, 6) is 0.00556. The maximum absolute atomic E-state index is 11.4. The molecular formula is C11H18O3. The van der Waals surface area contributed by atoms with E-state index >= 15 is 0 Å². The van der Waals surface area contributed by atoms with Crippen molar-refractivity contribution < 1.29 is 14.6 Å². The lowest BCUT2D eigenvalue weighted by molar-refractivity contribution is -0.157. The van der Waals surface area contributed by atoms with Gasteiger partial charge in [-0.15, -0.1) is 0 Å². The first-order valence-corrected chi connectivity index (χ1v) is 5.44. The third kappa shape index (κ3) is 1.26. The normalized spacial score (nSPS) is 37.8. The maximum atomic E-state index is 11.4. The van der Waals surface area contributed by atoms with Gasteiger partial charge in [-0.05, 0) is 31.1 Å². The van der Waals surface area contributed by atoms with Crippen molar-refractivity contribution >= 4 is 5.97 Å². The van der Waals surface area contributed by atoms with Crippen molar-refractivity contribution in [2.75, 3.05) is 6.61 Å². The van der Waals surface area contributed by atoms with Crippen LogP contribution >= 0.6 is 0 Å². The van der Waals surface area contributed by atoms with E-state index in [1.165, 1.54) is 0 Å². The SMILES string of the molecule is CC(C)C1(C(=O)O)CCOC1C1CC1. The van der Waals surface area contributed by atoms with Crippen molar-refractivity contribution in [3.05, 3.63) is 0 Å². The molecule has 3 nitrogen and oxygen atoms in total. The number of rotatable bonds is 3. The van der Waals surface area contributed by atoms with Gasteiger partial charge < -0.3 is 9.84 Å². The first kappa shape index (κ1) is 9.97. The number of carboxylic acid groups (broad SMARTS) is 1. The minimum atomic E-state index is -0.665. The quantitative estimate of drug-likeness (QED) is 0.753. The first-order chi connectivity index (χ1) is 6.59. The molecule has 0 aromatic heterocycles. The van der Waals surface area contributed by atoms with Crippen LogP contribution in [-0.2, 0) is 9.53 Å². The summed E-state index contributed by atoms with van der Waals surface area (Å²) in [5.41, 5.74) is -0.610. The van der Waals surface area contributed by atoms with Gasteiger partial charge in [0.1, 0.15) is 0 Å². The van der Waals surface area contributed by atoms with Gasteiger partial charge in [-0.1, -0.05) is 13.8 Å². The zero-order valence-corrected chi connectivity index (χ0v) is 8.82. The van der Waals surface area contributed by atoms with Crippen molar-refractivity contribution in [1.82, 2.24) is 0 Å². The fraction of sp³-hybridized carbons (Fsp3) is 0.909. The summed E-state index contributed by atoms with van der Waals surface area (Å²) in [5, 5.41) is 9.40. The number of carboxylic acids is 1. The van der Waals surface area contributed by atoms with Crippen molar-refractivity contribution in [2.24, 2.45) is 17.3 Å². The lowest BCUT2D eigenvalue weighted by Gasteiger charge is -2.33. The maximum Gasteiger partial charge on any atom is 0.312 e. The summed E-state index contributed by atoms with van der Waals surface area (Å²) in [6.07, 6.45) is 2.94. The zero-order valence-electron chi connectivity index (χ0n) is 8.82. The lowest BCUT2D eigenvalue weighted by Crippen LogP contribution is -2.44. The van der Waals surface area contributed by atoms with Crippen LogP contribution in [0.4, 0.5) is 0 Å². The van der Waals surface area contributed by atoms with E-state index in [0.717, 1.165) is 12.8 Å². The van der Waals surface area contributed by atoms with Crippen LogP contribution in [0, 0.1) is 17.3 Å². The van der Waals surface area contributed by atoms with E-state index in [1.54, 1.807) is 0 Å². The molecule has 1 N–H and O–H groups in total. The number of carbonyl (C=O) groups is 1. The molecule has 0 radical (unpaired) electrons. The summed E-state index contributed by atoms with van der Waals surface area (Å²) in [4.78, 5) is 11.4. The molecule has 2 rings (SSSR count). The second-order valence-corrected chi connectivity index (χ2v) is 4.88. The molecule has 2 aliphatic rings. The summed E-state index contributed by atoms with van der Waals surface area (Å²) in [6.45, 7) is 4.61. The zero-order chi connectivity index (χ0) is 10.3. The average Bonchev–Trinajstić information content (AvgIpc) is 2.83. The Hall–Kier alpha value is -0.570. The Labute approximate surface area is 84.4 Å². The van der Waals surface area contributed by atoms with Gasteiger partial charge in [-0.25, -0.2) is 0 Å². The lowest BCUT2D eigenvalue weighted by atomic mass is 9.70. The van der Waals surface area contributed by atoms with E-state index in [9.17, 15) is 9.90 Å². The van der Waals surface area contributed by atoms with Gasteiger partial charge >= 0.3 is 5.97 Å². The molecule has 1 heterocycles. The van der Waals surface area contributed by atoms with Crippen LogP contribution < -0.4 is 0 Å². The molecule has 80 valence electrons. The Morgan fingerprint density at radius 2 is 2.14 bits per heavy atom. The predicted octanol–water partition coefficient (Wildman–Crippen LogP) is 1.91. The van der Waals surface area contributed by atoms with Crippen LogP contribution in [0.25, 0.3) is 0 Å². The fourth-order valence-corrected chi connectivity index (χ4v) is 2.69. The van der Waals surface area contributed by atoms with Crippen molar-refractivity contribution in [3.8, 4) is 0 Å². The van der Waals surface area contributed by atoms with Gasteiger partial charge in [0.05, 0.1) is 11.5 Å². The molecule has 1 saturated carbocycles. The van der Waals surface area contributed by atoms with Crippen LogP contribution in [0.15, 0.2) is 0 Å². The predicted molar refractivity (Wildman–Crippen MR) is 52.0 cm³/mol. The van der Waals surface area contributed by atoms with Gasteiger partial charge in [0.15, 0.2) is 0 Å². The molecule has 1 saturated heterocycles. The Morgan fingerprint density at radius 3 is 2.57 bits per heavy atom. The second-order valence-electron chi connectivity index (χ2n) is 4.88. The third-order valence-corrected chi connectivity index (χ3v) is 3.80. The summed E-state index contributed by atoms with van der Waals surface area (Å²) >= 11 is 0. The first-order valence-electron chi connectivity index (χ1n) is 5.44. The molecule has 0 bridgehead atoms. The Morgan fingerprint density at radius 1 is 1.50 bits per heavy atom. The van der Waals surface area contributed by atoms with Crippen LogP contribution in [0.3, 0.4) is 0 Å². The molecule has 0 aromatic carbocycles. The standard InChI is InChI=1S/C11H18O3/c1-7(2)11(10(12)13)5-6-14-9(11)8-3-4-8/h7-9H,3-6H2,1-2H3,(H,12,13). The monoisotopic (exact) mass is 198 g/mol. The van der Waals surface area contributed by atoms with Crippen LogP contribution in [0.2, 0.25) is 0 Å². The topological polar surface area (TPSA) is 46.5 Å². The molecule has 2 atom stereocenters.